The van der Waals surface area contributed by atoms with Crippen LogP contribution in [0.15, 0.2) is 0 Å². The van der Waals surface area contributed by atoms with Crippen LogP contribution in [0.3, 0.4) is 0 Å². The number of hydrogen-bond acceptors (Lipinski definition) is 3. The molecule has 3 N–H and O–H groups in total. The predicted molar refractivity (Wildman–Crippen MR) is 25.3 cm³/mol. The molecule has 6 heavy (non-hydrogen) atoms. The zero-order valence-corrected chi connectivity index (χ0v) is 7.81. The van der Waals surface area contributed by atoms with Crippen molar-refractivity contribution in [1.29, 1.82) is 0 Å². The summed E-state index contributed by atoms with van der Waals surface area (Å²) in [6.45, 7) is 0.965. The maximum Gasteiger partial charge on any atom is 0.400 e. The Bertz CT molecular complexity index is 26.3. The molecule has 0 heterocycles. The third kappa shape index (κ3) is 38.4. The minimum Gasteiger partial charge on any atom is -0.193 e. The summed E-state index contributed by atoms with van der Waals surface area (Å²) in [4.78, 5) is 23.2. The van der Waals surface area contributed by atoms with Crippen molar-refractivity contribution >= 4 is 59.3 Å². The van der Waals surface area contributed by atoms with Crippen molar-refractivity contribution in [2.45, 2.75) is 0 Å². The molecule has 5 heteroatoms. The summed E-state index contributed by atoms with van der Waals surface area (Å²) in [5, 5.41) is 0. The second-order valence-electron chi connectivity index (χ2n) is 0.868. The van der Waals surface area contributed by atoms with E-state index >= 15 is 0 Å². The Kier molecular flexibility index (Phi) is 7.03. The van der Waals surface area contributed by atoms with Gasteiger partial charge in [0.05, 0.1) is 0 Å². The summed E-state index contributed by atoms with van der Waals surface area (Å²) in [6.07, 6.45) is 0. The van der Waals surface area contributed by atoms with Crippen LogP contribution >= 0.6 is 7.94 Å². The molecular formula is CH6KO3P+. The van der Waals surface area contributed by atoms with Gasteiger partial charge in [0, 0.05) is 51.4 Å². The molecule has 0 aliphatic heterocycles. The van der Waals surface area contributed by atoms with E-state index in [-0.39, 0.29) is 51.4 Å². The Morgan fingerprint density at radius 2 is 1.17 bits per heavy atom. The smallest absolute Gasteiger partial charge is 0.193 e. The summed E-state index contributed by atoms with van der Waals surface area (Å²) >= 11 is 0. The number of hydrogen-bond donors (Lipinski definition) is 3. The first-order valence-corrected chi connectivity index (χ1v) is 3.14. The molecule has 0 atom stereocenters. The maximum absolute atomic E-state index is 7.74. The van der Waals surface area contributed by atoms with Gasteiger partial charge in [0.1, 0.15) is 6.66 Å². The van der Waals surface area contributed by atoms with Gasteiger partial charge in [-0.1, -0.05) is 0 Å². The summed E-state index contributed by atoms with van der Waals surface area (Å²) < 4.78 is 0. The van der Waals surface area contributed by atoms with E-state index in [9.17, 15) is 0 Å². The molecule has 0 spiro atoms. The fourth-order valence-electron chi connectivity index (χ4n) is 0. The van der Waals surface area contributed by atoms with E-state index in [1.165, 1.54) is 0 Å². The third-order valence-corrected chi connectivity index (χ3v) is 0. The van der Waals surface area contributed by atoms with Crippen LogP contribution in [0, 0.1) is 0 Å². The molecule has 33 valence electrons. The molecule has 0 rings (SSSR count). The van der Waals surface area contributed by atoms with Crippen LogP contribution in [0.4, 0.5) is 0 Å². The topological polar surface area (TPSA) is 60.7 Å². The molecule has 0 bridgehead atoms. The van der Waals surface area contributed by atoms with Crippen LogP contribution in [0.5, 0.6) is 0 Å². The minimum atomic E-state index is -3.39. The van der Waals surface area contributed by atoms with Gasteiger partial charge in [-0.2, -0.15) is 14.7 Å². The van der Waals surface area contributed by atoms with Crippen molar-refractivity contribution in [2.75, 3.05) is 6.66 Å². The summed E-state index contributed by atoms with van der Waals surface area (Å²) in [5.41, 5.74) is 0. The van der Waals surface area contributed by atoms with Gasteiger partial charge in [-0.3, -0.25) is 0 Å². The Morgan fingerprint density at radius 1 is 1.17 bits per heavy atom. The van der Waals surface area contributed by atoms with Crippen molar-refractivity contribution in [3.8, 4) is 0 Å². The summed E-state index contributed by atoms with van der Waals surface area (Å²) in [5.74, 6) is 0. The average Bonchev–Trinajstić information content (AvgIpc) is 0.722. The summed E-state index contributed by atoms with van der Waals surface area (Å²) in [7, 11) is -3.39. The summed E-state index contributed by atoms with van der Waals surface area (Å²) in [6, 6.07) is 0. The van der Waals surface area contributed by atoms with E-state index in [4.69, 9.17) is 14.7 Å². The first kappa shape index (κ1) is 10.8. The average molecular weight is 136 g/mol. The van der Waals surface area contributed by atoms with E-state index in [0.717, 1.165) is 6.66 Å². The maximum atomic E-state index is 7.74. The normalized spacial score (nSPS) is 10.0. The zero-order valence-electron chi connectivity index (χ0n) is 3.79. The van der Waals surface area contributed by atoms with E-state index in [2.05, 4.69) is 0 Å². The van der Waals surface area contributed by atoms with Crippen LogP contribution < -0.4 is 0 Å². The molecule has 3 nitrogen and oxygen atoms in total. The Balaban J connectivity index is 0. The van der Waals surface area contributed by atoms with Gasteiger partial charge in [-0.25, -0.2) is 0 Å². The van der Waals surface area contributed by atoms with Gasteiger partial charge < -0.3 is 0 Å². The van der Waals surface area contributed by atoms with Gasteiger partial charge in [-0.15, -0.1) is 0 Å². The first-order valence-electron chi connectivity index (χ1n) is 1.05. The van der Waals surface area contributed by atoms with Crippen molar-refractivity contribution in [3.63, 3.8) is 0 Å². The monoisotopic (exact) mass is 136 g/mol. The molecule has 0 fully saturated rings. The standard InChI is InChI=1S/CH6O3P.K/c1-5(2,3)4;/h2-4H,1H3;/q+1;. The molecule has 0 amide bonds. The molecule has 0 aromatic rings. The minimum absolute atomic E-state index is 0. The van der Waals surface area contributed by atoms with Crippen LogP contribution in [0.25, 0.3) is 0 Å². The van der Waals surface area contributed by atoms with Crippen LogP contribution in [0.1, 0.15) is 0 Å². The third-order valence-electron chi connectivity index (χ3n) is 0. The van der Waals surface area contributed by atoms with Crippen molar-refractivity contribution in [1.82, 2.24) is 0 Å². The van der Waals surface area contributed by atoms with Gasteiger partial charge in [0.25, 0.3) is 0 Å². The van der Waals surface area contributed by atoms with Crippen LogP contribution in [-0.2, 0) is 0 Å². The second kappa shape index (κ2) is 3.89. The Hall–Kier alpha value is 1.95. The molecule has 1 radical (unpaired) electrons. The number of rotatable bonds is 0. The first-order chi connectivity index (χ1) is 2.00. The molecule has 0 saturated carbocycles. The fraction of sp³-hybridized carbons (Fsp3) is 1.00. The molecule has 0 unspecified atom stereocenters. The SMILES string of the molecule is C[P+](O)(O)O.[K]. The fourth-order valence-corrected chi connectivity index (χ4v) is 0. The van der Waals surface area contributed by atoms with E-state index in [1.807, 2.05) is 0 Å². The van der Waals surface area contributed by atoms with Gasteiger partial charge >= 0.3 is 7.94 Å². The molecule has 0 aliphatic rings. The second-order valence-corrected chi connectivity index (χ2v) is 2.60. The predicted octanol–water partition coefficient (Wildman–Crippen LogP) is -1.03. The van der Waals surface area contributed by atoms with Crippen molar-refractivity contribution in [2.24, 2.45) is 0 Å². The molecule has 0 saturated heterocycles. The largest absolute Gasteiger partial charge is 0.400 e. The molecule has 0 aromatic heterocycles. The van der Waals surface area contributed by atoms with E-state index in [1.54, 1.807) is 0 Å². The quantitative estimate of drug-likeness (QED) is 0.295. The van der Waals surface area contributed by atoms with Gasteiger partial charge in [0.2, 0.25) is 0 Å². The van der Waals surface area contributed by atoms with Gasteiger partial charge in [-0.05, 0) is 0 Å². The van der Waals surface area contributed by atoms with Crippen molar-refractivity contribution < 1.29 is 14.7 Å². The molecule has 0 aliphatic carbocycles. The Morgan fingerprint density at radius 3 is 1.17 bits per heavy atom. The zero-order chi connectivity index (χ0) is 4.50. The van der Waals surface area contributed by atoms with Crippen LogP contribution in [0.2, 0.25) is 0 Å². The molecular weight excluding hydrogens is 130 g/mol. The van der Waals surface area contributed by atoms with Gasteiger partial charge in [0.15, 0.2) is 0 Å². The Labute approximate surface area is 79.4 Å². The van der Waals surface area contributed by atoms with E-state index in [0.29, 0.717) is 0 Å². The van der Waals surface area contributed by atoms with Crippen LogP contribution in [-0.4, -0.2) is 72.7 Å². The van der Waals surface area contributed by atoms with E-state index < -0.39 is 7.94 Å². The molecule has 0 aromatic carbocycles. The van der Waals surface area contributed by atoms with Crippen molar-refractivity contribution in [3.05, 3.63) is 0 Å².